The molecule has 4 aromatic heterocycles. The van der Waals surface area contributed by atoms with Gasteiger partial charge in [0.25, 0.3) is 5.56 Å². The fraction of sp³-hybridized carbons (Fsp3) is 0.250. The van der Waals surface area contributed by atoms with Crippen molar-refractivity contribution in [1.82, 2.24) is 24.1 Å². The highest BCUT2D eigenvalue weighted by Crippen LogP contribution is 2.29. The van der Waals surface area contributed by atoms with E-state index in [2.05, 4.69) is 20.4 Å². The lowest BCUT2D eigenvalue weighted by Crippen LogP contribution is -2.30. The molecule has 0 aliphatic carbocycles. The molecule has 0 aliphatic rings. The van der Waals surface area contributed by atoms with Gasteiger partial charge in [0, 0.05) is 5.56 Å². The van der Waals surface area contributed by atoms with Crippen LogP contribution in [-0.2, 0) is 17.5 Å². The van der Waals surface area contributed by atoms with E-state index < -0.39 is 35.7 Å². The van der Waals surface area contributed by atoms with Crippen LogP contribution in [0.1, 0.15) is 31.0 Å². The van der Waals surface area contributed by atoms with Crippen LogP contribution in [0.25, 0.3) is 16.7 Å². The monoisotopic (exact) mass is 448 g/mol. The number of halogens is 4. The molecule has 8 nitrogen and oxygen atoms in total. The number of amides is 1. The van der Waals surface area contributed by atoms with Gasteiger partial charge in [-0.3, -0.25) is 14.2 Å². The highest BCUT2D eigenvalue weighted by Gasteiger charge is 2.33. The van der Waals surface area contributed by atoms with Gasteiger partial charge in [-0.15, -0.1) is 0 Å². The summed E-state index contributed by atoms with van der Waals surface area (Å²) in [6.07, 6.45) is -2.35. The van der Waals surface area contributed by atoms with Gasteiger partial charge in [-0.2, -0.15) is 22.8 Å². The van der Waals surface area contributed by atoms with Gasteiger partial charge < -0.3 is 5.32 Å². The Morgan fingerprint density at radius 1 is 1.16 bits per heavy atom. The van der Waals surface area contributed by atoms with Crippen LogP contribution >= 0.6 is 0 Å². The average molecular weight is 448 g/mol. The summed E-state index contributed by atoms with van der Waals surface area (Å²) in [6, 6.07) is 4.09. The van der Waals surface area contributed by atoms with Crippen molar-refractivity contribution in [3.8, 4) is 0 Å². The Bertz CT molecular complexity index is 1390. The van der Waals surface area contributed by atoms with Crippen molar-refractivity contribution in [2.75, 3.05) is 5.32 Å². The number of nitrogens with zero attached hydrogens (tertiary/aromatic N) is 5. The lowest BCUT2D eigenvalue weighted by molar-refractivity contribution is -0.141. The molecule has 0 aromatic carbocycles. The fourth-order valence-electron chi connectivity index (χ4n) is 3.29. The number of rotatable bonds is 4. The van der Waals surface area contributed by atoms with Crippen molar-refractivity contribution in [2.45, 2.75) is 32.5 Å². The van der Waals surface area contributed by atoms with Crippen LogP contribution in [-0.4, -0.2) is 30.1 Å². The minimum absolute atomic E-state index is 0.0790. The van der Waals surface area contributed by atoms with E-state index in [1.165, 1.54) is 12.3 Å². The van der Waals surface area contributed by atoms with Crippen LogP contribution in [0.5, 0.6) is 0 Å². The number of hydrogen-bond donors (Lipinski definition) is 1. The van der Waals surface area contributed by atoms with Crippen LogP contribution in [0, 0.1) is 5.82 Å². The Balaban J connectivity index is 1.87. The number of hydrogen-bond acceptors (Lipinski definition) is 5. The molecule has 32 heavy (non-hydrogen) atoms. The SMILES string of the molecule is CC(C)c1cnn2c3nc(C(F)(F)F)ccc3c(=O)n(CC(=O)Nc3ccc(F)cn3)c12. The summed E-state index contributed by atoms with van der Waals surface area (Å²) in [5, 5.41) is 6.46. The highest BCUT2D eigenvalue weighted by molar-refractivity contribution is 5.90. The van der Waals surface area contributed by atoms with E-state index >= 15 is 0 Å². The molecule has 4 aromatic rings. The van der Waals surface area contributed by atoms with Crippen LogP contribution < -0.4 is 10.9 Å². The van der Waals surface area contributed by atoms with Gasteiger partial charge in [-0.05, 0) is 30.2 Å². The van der Waals surface area contributed by atoms with Crippen LogP contribution in [0.4, 0.5) is 23.4 Å². The summed E-state index contributed by atoms with van der Waals surface area (Å²) in [5.74, 6) is -1.29. The number of alkyl halides is 3. The fourth-order valence-corrected chi connectivity index (χ4v) is 3.29. The van der Waals surface area contributed by atoms with E-state index in [9.17, 15) is 27.2 Å². The highest BCUT2D eigenvalue weighted by atomic mass is 19.4. The largest absolute Gasteiger partial charge is 0.433 e. The van der Waals surface area contributed by atoms with Crippen molar-refractivity contribution >= 4 is 28.4 Å². The number of fused-ring (bicyclic) bond motifs is 3. The molecule has 1 N–H and O–H groups in total. The van der Waals surface area contributed by atoms with Crippen molar-refractivity contribution in [2.24, 2.45) is 0 Å². The van der Waals surface area contributed by atoms with Gasteiger partial charge in [0.15, 0.2) is 5.65 Å². The third-order valence-electron chi connectivity index (χ3n) is 4.79. The molecule has 12 heteroatoms. The van der Waals surface area contributed by atoms with Crippen molar-refractivity contribution in [1.29, 1.82) is 0 Å². The predicted octanol–water partition coefficient (Wildman–Crippen LogP) is 3.36. The van der Waals surface area contributed by atoms with E-state index in [1.807, 2.05) is 13.8 Å². The Kier molecular flexibility index (Phi) is 5.15. The number of anilines is 1. The maximum absolute atomic E-state index is 13.2. The topological polar surface area (TPSA) is 94.2 Å². The summed E-state index contributed by atoms with van der Waals surface area (Å²) in [5.41, 5.74) is -1.41. The van der Waals surface area contributed by atoms with Crippen LogP contribution in [0.2, 0.25) is 0 Å². The minimum atomic E-state index is -4.70. The molecule has 0 spiro atoms. The maximum atomic E-state index is 13.2. The molecule has 4 heterocycles. The standard InChI is InChI=1S/C20H16F4N6O2/c1-10(2)13-8-26-30-17-12(4-5-14(27-17)20(22,23)24)19(32)29(18(13)30)9-16(31)28-15-6-3-11(21)7-25-15/h3-8,10H,9H2,1-2H3,(H,25,28,31). The van der Waals surface area contributed by atoms with Crippen LogP contribution in [0.15, 0.2) is 41.5 Å². The number of carbonyl (C=O) groups excluding carboxylic acids is 1. The Morgan fingerprint density at radius 2 is 1.91 bits per heavy atom. The minimum Gasteiger partial charge on any atom is -0.309 e. The van der Waals surface area contributed by atoms with E-state index in [1.54, 1.807) is 0 Å². The molecule has 0 saturated carbocycles. The smallest absolute Gasteiger partial charge is 0.309 e. The Labute approximate surface area is 177 Å². The molecule has 1 amide bonds. The molecular formula is C20H16F4N6O2. The molecule has 0 saturated heterocycles. The van der Waals surface area contributed by atoms with Crippen molar-refractivity contribution < 1.29 is 22.4 Å². The zero-order valence-electron chi connectivity index (χ0n) is 16.8. The molecule has 0 unspecified atom stereocenters. The zero-order chi connectivity index (χ0) is 23.2. The number of aromatic nitrogens is 5. The summed E-state index contributed by atoms with van der Waals surface area (Å²) in [4.78, 5) is 33.1. The molecule has 0 bridgehead atoms. The van der Waals surface area contributed by atoms with Gasteiger partial charge in [0.1, 0.15) is 29.5 Å². The number of carbonyl (C=O) groups is 1. The molecular weight excluding hydrogens is 432 g/mol. The first kappa shape index (κ1) is 21.4. The first-order valence-electron chi connectivity index (χ1n) is 9.46. The van der Waals surface area contributed by atoms with Crippen LogP contribution in [0.3, 0.4) is 0 Å². The second-order valence-corrected chi connectivity index (χ2v) is 7.36. The lowest BCUT2D eigenvalue weighted by Gasteiger charge is -2.14. The van der Waals surface area contributed by atoms with E-state index in [0.717, 1.165) is 27.4 Å². The summed E-state index contributed by atoms with van der Waals surface area (Å²) < 4.78 is 54.8. The predicted molar refractivity (Wildman–Crippen MR) is 107 cm³/mol. The maximum Gasteiger partial charge on any atom is 0.433 e. The first-order chi connectivity index (χ1) is 15.1. The van der Waals surface area contributed by atoms with Gasteiger partial charge in [-0.25, -0.2) is 14.4 Å². The van der Waals surface area contributed by atoms with Gasteiger partial charge in [0.2, 0.25) is 5.91 Å². The second-order valence-electron chi connectivity index (χ2n) is 7.36. The zero-order valence-corrected chi connectivity index (χ0v) is 16.8. The van der Waals surface area contributed by atoms with E-state index in [-0.39, 0.29) is 28.4 Å². The quantitative estimate of drug-likeness (QED) is 0.483. The summed E-state index contributed by atoms with van der Waals surface area (Å²) in [6.45, 7) is 3.17. The molecule has 166 valence electrons. The van der Waals surface area contributed by atoms with E-state index in [0.29, 0.717) is 11.6 Å². The first-order valence-corrected chi connectivity index (χ1v) is 9.46. The lowest BCUT2D eigenvalue weighted by atomic mass is 10.1. The third kappa shape index (κ3) is 3.79. The van der Waals surface area contributed by atoms with Gasteiger partial charge >= 0.3 is 6.18 Å². The van der Waals surface area contributed by atoms with Crippen molar-refractivity contribution in [3.63, 3.8) is 0 Å². The molecule has 0 atom stereocenters. The normalized spacial score (nSPS) is 12.1. The van der Waals surface area contributed by atoms with Crippen molar-refractivity contribution in [3.05, 3.63) is 64.1 Å². The molecule has 4 rings (SSSR count). The molecule has 0 aliphatic heterocycles. The summed E-state index contributed by atoms with van der Waals surface area (Å²) >= 11 is 0. The summed E-state index contributed by atoms with van der Waals surface area (Å²) in [7, 11) is 0. The van der Waals surface area contributed by atoms with Gasteiger partial charge in [-0.1, -0.05) is 13.8 Å². The molecule has 0 fully saturated rings. The second kappa shape index (κ2) is 7.70. The van der Waals surface area contributed by atoms with E-state index in [4.69, 9.17) is 0 Å². The number of pyridine rings is 2. The Morgan fingerprint density at radius 3 is 2.53 bits per heavy atom. The number of nitrogens with one attached hydrogen (secondary N) is 1. The Hall–Kier alpha value is -3.83. The third-order valence-corrected chi connectivity index (χ3v) is 4.79. The average Bonchev–Trinajstić information content (AvgIpc) is 3.17. The van der Waals surface area contributed by atoms with Gasteiger partial charge in [0.05, 0.1) is 17.8 Å². The molecule has 0 radical (unpaired) electrons.